The molecule has 0 aromatic carbocycles. The van der Waals surface area contributed by atoms with E-state index in [9.17, 15) is 9.90 Å². The summed E-state index contributed by atoms with van der Waals surface area (Å²) in [6.07, 6.45) is 3.85. The third kappa shape index (κ3) is 4.84. The average molecular weight is 256 g/mol. The molecule has 1 aliphatic carbocycles. The van der Waals surface area contributed by atoms with Crippen LogP contribution in [0.1, 0.15) is 53.4 Å². The molecule has 0 aliphatic heterocycles. The molecule has 1 aliphatic rings. The van der Waals surface area contributed by atoms with Gasteiger partial charge in [-0.1, -0.05) is 27.2 Å². The van der Waals surface area contributed by atoms with Gasteiger partial charge in [-0.3, -0.25) is 0 Å². The maximum Gasteiger partial charge on any atom is 0.315 e. The Morgan fingerprint density at radius 3 is 2.61 bits per heavy atom. The lowest BCUT2D eigenvalue weighted by Crippen LogP contribution is -2.47. The van der Waals surface area contributed by atoms with Crippen LogP contribution in [0.25, 0.3) is 0 Å². The topological polar surface area (TPSA) is 61.4 Å². The fourth-order valence-corrected chi connectivity index (χ4v) is 2.74. The maximum atomic E-state index is 11.8. The highest BCUT2D eigenvalue weighted by Gasteiger charge is 2.35. The molecular weight excluding hydrogens is 228 g/mol. The molecule has 0 heterocycles. The maximum absolute atomic E-state index is 11.8. The third-order valence-electron chi connectivity index (χ3n) is 3.92. The molecule has 3 N–H and O–H groups in total. The van der Waals surface area contributed by atoms with Crippen molar-refractivity contribution in [3.8, 4) is 0 Å². The van der Waals surface area contributed by atoms with E-state index in [0.29, 0.717) is 12.5 Å². The Kier molecular flexibility index (Phi) is 5.45. The van der Waals surface area contributed by atoms with Crippen LogP contribution in [-0.2, 0) is 0 Å². The first-order chi connectivity index (χ1) is 8.31. The van der Waals surface area contributed by atoms with Gasteiger partial charge >= 0.3 is 6.03 Å². The van der Waals surface area contributed by atoms with E-state index in [2.05, 4.69) is 24.5 Å². The Morgan fingerprint density at radius 1 is 1.44 bits per heavy atom. The van der Waals surface area contributed by atoms with Crippen LogP contribution >= 0.6 is 0 Å². The van der Waals surface area contributed by atoms with E-state index >= 15 is 0 Å². The van der Waals surface area contributed by atoms with Gasteiger partial charge in [0, 0.05) is 12.6 Å². The van der Waals surface area contributed by atoms with Crippen molar-refractivity contribution in [1.29, 1.82) is 0 Å². The molecular formula is C14H28N2O2. The minimum Gasteiger partial charge on any atom is -0.393 e. The average Bonchev–Trinajstić information content (AvgIpc) is 2.54. The second-order valence-corrected chi connectivity index (χ2v) is 6.48. The number of carbonyl (C=O) groups is 1. The van der Waals surface area contributed by atoms with Crippen LogP contribution in [0.15, 0.2) is 0 Å². The molecule has 1 saturated carbocycles. The molecule has 0 bridgehead atoms. The predicted molar refractivity (Wildman–Crippen MR) is 73.4 cm³/mol. The molecule has 0 radical (unpaired) electrons. The summed E-state index contributed by atoms with van der Waals surface area (Å²) in [6.45, 7) is 8.84. The Balaban J connectivity index is 2.25. The van der Waals surface area contributed by atoms with Crippen LogP contribution in [0.4, 0.5) is 4.79 Å². The van der Waals surface area contributed by atoms with E-state index in [4.69, 9.17) is 0 Å². The number of aliphatic hydroxyl groups is 1. The van der Waals surface area contributed by atoms with E-state index in [1.165, 1.54) is 12.8 Å². The van der Waals surface area contributed by atoms with Crippen molar-refractivity contribution in [2.24, 2.45) is 11.3 Å². The van der Waals surface area contributed by atoms with Crippen molar-refractivity contribution in [1.82, 2.24) is 10.6 Å². The first kappa shape index (κ1) is 15.3. The second kappa shape index (κ2) is 6.41. The van der Waals surface area contributed by atoms with Gasteiger partial charge < -0.3 is 15.7 Å². The number of urea groups is 1. The summed E-state index contributed by atoms with van der Waals surface area (Å²) < 4.78 is 0. The quantitative estimate of drug-likeness (QED) is 0.706. The second-order valence-electron chi connectivity index (χ2n) is 6.48. The van der Waals surface area contributed by atoms with Gasteiger partial charge in [0.15, 0.2) is 0 Å². The lowest BCUT2D eigenvalue weighted by atomic mass is 9.87. The molecule has 4 heteroatoms. The molecule has 3 unspecified atom stereocenters. The van der Waals surface area contributed by atoms with Gasteiger partial charge in [0.2, 0.25) is 0 Å². The van der Waals surface area contributed by atoms with Gasteiger partial charge in [0.05, 0.1) is 6.10 Å². The van der Waals surface area contributed by atoms with Gasteiger partial charge in [-0.2, -0.15) is 0 Å². The molecule has 1 rings (SSSR count). The summed E-state index contributed by atoms with van der Waals surface area (Å²) in [5.41, 5.74) is 0.211. The highest BCUT2D eigenvalue weighted by molar-refractivity contribution is 5.74. The zero-order valence-corrected chi connectivity index (χ0v) is 12.1. The summed E-state index contributed by atoms with van der Waals surface area (Å²) in [7, 11) is 0. The minimum absolute atomic E-state index is 0.0765. The fraction of sp³-hybridized carbons (Fsp3) is 0.929. The van der Waals surface area contributed by atoms with E-state index in [0.717, 1.165) is 12.8 Å². The van der Waals surface area contributed by atoms with Crippen LogP contribution < -0.4 is 10.6 Å². The van der Waals surface area contributed by atoms with Crippen LogP contribution in [0.2, 0.25) is 0 Å². The standard InChI is InChI=1S/C14H28N2O2/c1-10(8-11(2)17)9-15-13(18)16-12-6-5-7-14(12,3)4/h10-12,17H,5-9H2,1-4H3,(H2,15,16,18). The van der Waals surface area contributed by atoms with Crippen LogP contribution in [-0.4, -0.2) is 29.8 Å². The normalized spacial score (nSPS) is 25.5. The SMILES string of the molecule is CC(O)CC(C)CNC(=O)NC1CCCC1(C)C. The van der Waals surface area contributed by atoms with E-state index in [1.54, 1.807) is 6.92 Å². The molecule has 1 fully saturated rings. The number of hydrogen-bond acceptors (Lipinski definition) is 2. The Bertz CT molecular complexity index is 277. The smallest absolute Gasteiger partial charge is 0.315 e. The van der Waals surface area contributed by atoms with E-state index in [1.807, 2.05) is 6.92 Å². The Hall–Kier alpha value is -0.770. The number of amides is 2. The monoisotopic (exact) mass is 256 g/mol. The lowest BCUT2D eigenvalue weighted by molar-refractivity contribution is 0.162. The van der Waals surface area contributed by atoms with E-state index < -0.39 is 0 Å². The predicted octanol–water partition coefficient (Wildman–Crippen LogP) is 2.27. The zero-order chi connectivity index (χ0) is 13.8. The van der Waals surface area contributed by atoms with Gasteiger partial charge in [-0.05, 0) is 37.5 Å². The molecule has 0 spiro atoms. The van der Waals surface area contributed by atoms with Crippen LogP contribution in [0.5, 0.6) is 0 Å². The number of hydrogen-bond donors (Lipinski definition) is 3. The molecule has 4 nitrogen and oxygen atoms in total. The minimum atomic E-state index is -0.307. The summed E-state index contributed by atoms with van der Waals surface area (Å²) in [5, 5.41) is 15.2. The zero-order valence-electron chi connectivity index (χ0n) is 12.1. The van der Waals surface area contributed by atoms with Gasteiger partial charge in [0.25, 0.3) is 0 Å². The van der Waals surface area contributed by atoms with Crippen molar-refractivity contribution < 1.29 is 9.90 Å². The van der Waals surface area contributed by atoms with Crippen molar-refractivity contribution >= 4 is 6.03 Å². The molecule has 3 atom stereocenters. The summed E-state index contributed by atoms with van der Waals surface area (Å²) >= 11 is 0. The number of nitrogens with one attached hydrogen (secondary N) is 2. The Labute approximate surface area is 111 Å². The number of rotatable bonds is 5. The van der Waals surface area contributed by atoms with Gasteiger partial charge in [-0.15, -0.1) is 0 Å². The van der Waals surface area contributed by atoms with Gasteiger partial charge in [0.1, 0.15) is 0 Å². The van der Waals surface area contributed by atoms with Crippen molar-refractivity contribution in [2.75, 3.05) is 6.54 Å². The molecule has 0 saturated heterocycles. The fourth-order valence-electron chi connectivity index (χ4n) is 2.74. The molecule has 0 aromatic heterocycles. The van der Waals surface area contributed by atoms with Crippen LogP contribution in [0, 0.1) is 11.3 Å². The highest BCUT2D eigenvalue weighted by atomic mass is 16.3. The molecule has 18 heavy (non-hydrogen) atoms. The first-order valence-corrected chi connectivity index (χ1v) is 7.03. The Morgan fingerprint density at radius 2 is 2.11 bits per heavy atom. The third-order valence-corrected chi connectivity index (χ3v) is 3.92. The highest BCUT2D eigenvalue weighted by Crippen LogP contribution is 2.36. The summed E-state index contributed by atoms with van der Waals surface area (Å²) in [5.74, 6) is 0.298. The molecule has 106 valence electrons. The van der Waals surface area contributed by atoms with E-state index in [-0.39, 0.29) is 23.6 Å². The van der Waals surface area contributed by atoms with Crippen LogP contribution in [0.3, 0.4) is 0 Å². The molecule has 2 amide bonds. The summed E-state index contributed by atoms with van der Waals surface area (Å²) in [6, 6.07) is 0.206. The number of carbonyl (C=O) groups excluding carboxylic acids is 1. The number of aliphatic hydroxyl groups excluding tert-OH is 1. The van der Waals surface area contributed by atoms with Crippen molar-refractivity contribution in [3.63, 3.8) is 0 Å². The van der Waals surface area contributed by atoms with Crippen molar-refractivity contribution in [3.05, 3.63) is 0 Å². The van der Waals surface area contributed by atoms with Crippen molar-refractivity contribution in [2.45, 2.75) is 65.5 Å². The summed E-state index contributed by atoms with van der Waals surface area (Å²) in [4.78, 5) is 11.8. The largest absolute Gasteiger partial charge is 0.393 e. The lowest BCUT2D eigenvalue weighted by Gasteiger charge is -2.28. The molecule has 0 aromatic rings. The van der Waals surface area contributed by atoms with Gasteiger partial charge in [-0.25, -0.2) is 4.79 Å². The first-order valence-electron chi connectivity index (χ1n) is 7.03.